The maximum absolute atomic E-state index is 12.6. The van der Waals surface area contributed by atoms with Gasteiger partial charge < -0.3 is 19.7 Å². The summed E-state index contributed by atoms with van der Waals surface area (Å²) in [6, 6.07) is 3.24. The van der Waals surface area contributed by atoms with Gasteiger partial charge in [0.05, 0.1) is 12.2 Å². The third-order valence-corrected chi connectivity index (χ3v) is 5.92. The smallest absolute Gasteiger partial charge is 0.238 e. The summed E-state index contributed by atoms with van der Waals surface area (Å²) in [5.41, 5.74) is 0.830. The van der Waals surface area contributed by atoms with E-state index in [2.05, 4.69) is 5.32 Å². The molecule has 0 unspecified atom stereocenters. The highest BCUT2D eigenvalue weighted by molar-refractivity contribution is 6.05. The molecule has 8 nitrogen and oxygen atoms in total. The number of hydrogen-bond donors (Lipinski definition) is 1. The van der Waals surface area contributed by atoms with E-state index in [-0.39, 0.29) is 36.9 Å². The van der Waals surface area contributed by atoms with E-state index in [9.17, 15) is 14.4 Å². The van der Waals surface area contributed by atoms with Crippen molar-refractivity contribution in [3.8, 4) is 11.5 Å². The maximum atomic E-state index is 12.6. The van der Waals surface area contributed by atoms with Crippen LogP contribution in [0.1, 0.15) is 43.0 Å². The molecular formula is C21H27N3O5. The van der Waals surface area contributed by atoms with Crippen LogP contribution in [0.25, 0.3) is 0 Å². The van der Waals surface area contributed by atoms with Crippen LogP contribution in [0, 0.1) is 5.92 Å². The van der Waals surface area contributed by atoms with Gasteiger partial charge in [0.2, 0.25) is 18.6 Å². The van der Waals surface area contributed by atoms with Gasteiger partial charge in [0.25, 0.3) is 0 Å². The van der Waals surface area contributed by atoms with Crippen molar-refractivity contribution in [2.24, 2.45) is 5.92 Å². The normalized spacial score (nSPS) is 19.4. The van der Waals surface area contributed by atoms with Gasteiger partial charge in [0.1, 0.15) is 0 Å². The van der Waals surface area contributed by atoms with Crippen molar-refractivity contribution in [1.29, 1.82) is 0 Å². The van der Waals surface area contributed by atoms with Crippen LogP contribution in [0.4, 0.5) is 5.69 Å². The molecule has 29 heavy (non-hydrogen) atoms. The Balaban J connectivity index is 1.32. The fourth-order valence-electron chi connectivity index (χ4n) is 4.29. The summed E-state index contributed by atoms with van der Waals surface area (Å²) in [5.74, 6) is 1.15. The molecule has 2 heterocycles. The Labute approximate surface area is 170 Å². The Hall–Kier alpha value is -2.61. The lowest BCUT2D eigenvalue weighted by Crippen LogP contribution is -2.51. The van der Waals surface area contributed by atoms with Crippen LogP contribution in [0.15, 0.2) is 12.1 Å². The standard InChI is InChI=1S/C21H27N3O5/c1-14(25)16-10-18-19(29-13-28-18)11-17(16)22-20(26)12-23-6-8-24(9-7-23)21(27)15-4-2-3-5-15/h10-11,15H,2-9,12-13H2,1H3,(H,22,26). The van der Waals surface area contributed by atoms with Crippen LogP contribution >= 0.6 is 0 Å². The van der Waals surface area contributed by atoms with Crippen LogP contribution in [0.2, 0.25) is 0 Å². The highest BCUT2D eigenvalue weighted by atomic mass is 16.7. The largest absolute Gasteiger partial charge is 0.454 e. The van der Waals surface area contributed by atoms with E-state index in [1.54, 1.807) is 12.1 Å². The second-order valence-corrected chi connectivity index (χ2v) is 7.94. The Morgan fingerprint density at radius 2 is 1.69 bits per heavy atom. The van der Waals surface area contributed by atoms with Crippen molar-refractivity contribution < 1.29 is 23.9 Å². The first-order valence-electron chi connectivity index (χ1n) is 10.3. The van der Waals surface area contributed by atoms with Gasteiger partial charge in [0.15, 0.2) is 17.3 Å². The Morgan fingerprint density at radius 3 is 2.34 bits per heavy atom. The van der Waals surface area contributed by atoms with Crippen molar-refractivity contribution >= 4 is 23.3 Å². The van der Waals surface area contributed by atoms with E-state index < -0.39 is 0 Å². The molecule has 0 bridgehead atoms. The van der Waals surface area contributed by atoms with E-state index in [0.29, 0.717) is 48.9 Å². The molecule has 1 aromatic rings. The molecule has 1 N–H and O–H groups in total. The third-order valence-electron chi connectivity index (χ3n) is 5.92. The quantitative estimate of drug-likeness (QED) is 0.758. The minimum absolute atomic E-state index is 0.105. The van der Waals surface area contributed by atoms with Crippen LogP contribution in [-0.2, 0) is 9.59 Å². The highest BCUT2D eigenvalue weighted by Crippen LogP contribution is 2.37. The van der Waals surface area contributed by atoms with E-state index in [1.807, 2.05) is 9.80 Å². The van der Waals surface area contributed by atoms with Gasteiger partial charge in [-0.2, -0.15) is 0 Å². The molecule has 0 aromatic heterocycles. The first kappa shape index (κ1) is 19.7. The number of nitrogens with zero attached hydrogens (tertiary/aromatic N) is 2. The summed E-state index contributed by atoms with van der Waals surface area (Å²) >= 11 is 0. The number of carbonyl (C=O) groups is 3. The molecule has 2 aliphatic heterocycles. The number of nitrogens with one attached hydrogen (secondary N) is 1. The molecule has 2 amide bonds. The molecule has 0 atom stereocenters. The van der Waals surface area contributed by atoms with Crippen LogP contribution < -0.4 is 14.8 Å². The number of ketones is 1. The second-order valence-electron chi connectivity index (χ2n) is 7.94. The van der Waals surface area contributed by atoms with E-state index in [1.165, 1.54) is 6.92 Å². The van der Waals surface area contributed by atoms with Crippen molar-refractivity contribution in [3.05, 3.63) is 17.7 Å². The summed E-state index contributed by atoms with van der Waals surface area (Å²) in [6.07, 6.45) is 4.32. The molecule has 3 aliphatic rings. The van der Waals surface area contributed by atoms with Crippen LogP contribution in [0.5, 0.6) is 11.5 Å². The van der Waals surface area contributed by atoms with Gasteiger partial charge in [-0.25, -0.2) is 0 Å². The molecule has 0 radical (unpaired) electrons. The summed E-state index contributed by atoms with van der Waals surface area (Å²) in [6.45, 7) is 4.44. The number of Topliss-reactive ketones (excluding diaryl/α,β-unsaturated/α-hetero) is 1. The van der Waals surface area contributed by atoms with Gasteiger partial charge in [-0.05, 0) is 25.8 Å². The molecule has 1 saturated heterocycles. The topological polar surface area (TPSA) is 88.2 Å². The predicted molar refractivity (Wildman–Crippen MR) is 106 cm³/mol. The highest BCUT2D eigenvalue weighted by Gasteiger charge is 2.30. The maximum Gasteiger partial charge on any atom is 0.238 e. The molecule has 0 spiro atoms. The Bertz CT molecular complexity index is 811. The van der Waals surface area contributed by atoms with Crippen molar-refractivity contribution in [2.75, 3.05) is 44.8 Å². The SMILES string of the molecule is CC(=O)c1cc2c(cc1NC(=O)CN1CCN(C(=O)C3CCCC3)CC1)OCO2. The number of hydrogen-bond acceptors (Lipinski definition) is 6. The van der Waals surface area contributed by atoms with Gasteiger partial charge in [-0.15, -0.1) is 0 Å². The number of fused-ring (bicyclic) bond motifs is 1. The lowest BCUT2D eigenvalue weighted by Gasteiger charge is -2.35. The average Bonchev–Trinajstić information content (AvgIpc) is 3.39. The molecule has 4 rings (SSSR count). The Kier molecular flexibility index (Phi) is 5.71. The van der Waals surface area contributed by atoms with E-state index >= 15 is 0 Å². The lowest BCUT2D eigenvalue weighted by atomic mass is 10.1. The molecule has 156 valence electrons. The van der Waals surface area contributed by atoms with E-state index in [0.717, 1.165) is 25.7 Å². The Morgan fingerprint density at radius 1 is 1.03 bits per heavy atom. The fourth-order valence-corrected chi connectivity index (χ4v) is 4.29. The number of rotatable bonds is 5. The number of carbonyl (C=O) groups excluding carboxylic acids is 3. The molecule has 8 heteroatoms. The van der Waals surface area contributed by atoms with Crippen molar-refractivity contribution in [1.82, 2.24) is 9.80 Å². The monoisotopic (exact) mass is 401 g/mol. The summed E-state index contributed by atoms with van der Waals surface area (Å²) in [4.78, 5) is 41.0. The fraction of sp³-hybridized carbons (Fsp3) is 0.571. The molecule has 2 fully saturated rings. The molecule has 1 aliphatic carbocycles. The minimum atomic E-state index is -0.193. The zero-order valence-corrected chi connectivity index (χ0v) is 16.7. The predicted octanol–water partition coefficient (Wildman–Crippen LogP) is 1.89. The third kappa shape index (κ3) is 4.37. The summed E-state index contributed by atoms with van der Waals surface area (Å²) < 4.78 is 10.7. The zero-order chi connectivity index (χ0) is 20.4. The first-order valence-corrected chi connectivity index (χ1v) is 10.3. The minimum Gasteiger partial charge on any atom is -0.454 e. The first-order chi connectivity index (χ1) is 14.0. The van der Waals surface area contributed by atoms with Gasteiger partial charge in [-0.1, -0.05) is 12.8 Å². The lowest BCUT2D eigenvalue weighted by molar-refractivity contribution is -0.137. The van der Waals surface area contributed by atoms with Crippen molar-refractivity contribution in [2.45, 2.75) is 32.6 Å². The second kappa shape index (κ2) is 8.41. The number of anilines is 1. The molecule has 1 saturated carbocycles. The van der Waals surface area contributed by atoms with Crippen molar-refractivity contribution in [3.63, 3.8) is 0 Å². The average molecular weight is 401 g/mol. The molecular weight excluding hydrogens is 374 g/mol. The zero-order valence-electron chi connectivity index (χ0n) is 16.7. The van der Waals surface area contributed by atoms with Gasteiger partial charge >= 0.3 is 0 Å². The van der Waals surface area contributed by atoms with Crippen LogP contribution in [-0.4, -0.2) is 66.9 Å². The summed E-state index contributed by atoms with van der Waals surface area (Å²) in [5, 5.41) is 2.83. The molecule has 1 aromatic carbocycles. The number of ether oxygens (including phenoxy) is 2. The number of piperazine rings is 1. The number of benzene rings is 1. The number of amides is 2. The van der Waals surface area contributed by atoms with Crippen LogP contribution in [0.3, 0.4) is 0 Å². The van der Waals surface area contributed by atoms with E-state index in [4.69, 9.17) is 9.47 Å². The van der Waals surface area contributed by atoms with Gasteiger partial charge in [-0.3, -0.25) is 19.3 Å². The summed E-state index contributed by atoms with van der Waals surface area (Å²) in [7, 11) is 0. The van der Waals surface area contributed by atoms with Gasteiger partial charge in [0, 0.05) is 43.7 Å².